The van der Waals surface area contributed by atoms with E-state index in [1.165, 1.54) is 16.7 Å². The molecule has 0 bridgehead atoms. The van der Waals surface area contributed by atoms with Crippen molar-refractivity contribution in [3.8, 4) is 0 Å². The van der Waals surface area contributed by atoms with Crippen molar-refractivity contribution >= 4 is 10.9 Å². The molecule has 2 aromatic carbocycles. The Hall–Kier alpha value is -3.32. The van der Waals surface area contributed by atoms with Gasteiger partial charge in [-0.1, -0.05) is 35.9 Å². The van der Waals surface area contributed by atoms with Gasteiger partial charge >= 0.3 is 0 Å². The first-order valence-electron chi connectivity index (χ1n) is 11.5. The molecule has 0 saturated heterocycles. The molecule has 0 aliphatic carbocycles. The van der Waals surface area contributed by atoms with Crippen molar-refractivity contribution in [1.29, 1.82) is 0 Å². The van der Waals surface area contributed by atoms with E-state index in [0.717, 1.165) is 36.0 Å². The number of H-pyrrole nitrogens is 1. The average molecular weight is 443 g/mol. The van der Waals surface area contributed by atoms with Gasteiger partial charge in [0.15, 0.2) is 5.82 Å². The number of hydrogen-bond donors (Lipinski definition) is 1. The van der Waals surface area contributed by atoms with Crippen LogP contribution in [-0.2, 0) is 18.5 Å². The number of aromatic nitrogens is 5. The van der Waals surface area contributed by atoms with Crippen molar-refractivity contribution in [1.82, 2.24) is 30.1 Å². The zero-order valence-electron chi connectivity index (χ0n) is 19.9. The number of aryl methyl sites for hydroxylation is 2. The van der Waals surface area contributed by atoms with E-state index in [9.17, 15) is 4.79 Å². The summed E-state index contributed by atoms with van der Waals surface area (Å²) in [6, 6.07) is 14.4. The molecular formula is C26H30N6O. The van der Waals surface area contributed by atoms with Gasteiger partial charge in [-0.05, 0) is 85.7 Å². The van der Waals surface area contributed by atoms with Crippen LogP contribution in [0.2, 0.25) is 0 Å². The molecule has 4 aromatic rings. The first kappa shape index (κ1) is 21.5. The van der Waals surface area contributed by atoms with Gasteiger partial charge in [0, 0.05) is 18.7 Å². The second-order valence-electron chi connectivity index (χ2n) is 10.1. The van der Waals surface area contributed by atoms with Gasteiger partial charge in [0.2, 0.25) is 0 Å². The van der Waals surface area contributed by atoms with Gasteiger partial charge in [0.05, 0.1) is 11.1 Å². The molecule has 7 nitrogen and oxygen atoms in total. The van der Waals surface area contributed by atoms with E-state index in [1.54, 1.807) is 0 Å². The molecule has 7 heteroatoms. The molecule has 33 heavy (non-hydrogen) atoms. The average Bonchev–Trinajstić information content (AvgIpc) is 3.25. The van der Waals surface area contributed by atoms with E-state index in [0.29, 0.717) is 11.4 Å². The molecule has 0 radical (unpaired) electrons. The first-order chi connectivity index (χ1) is 15.7. The van der Waals surface area contributed by atoms with Crippen LogP contribution in [-0.4, -0.2) is 36.6 Å². The summed E-state index contributed by atoms with van der Waals surface area (Å²) in [7, 11) is 0. The molecule has 1 atom stereocenters. The summed E-state index contributed by atoms with van der Waals surface area (Å²) in [5.74, 6) is 0.691. The maximum Gasteiger partial charge on any atom is 0.253 e. The van der Waals surface area contributed by atoms with Crippen LogP contribution in [0.25, 0.3) is 10.9 Å². The van der Waals surface area contributed by atoms with E-state index in [1.807, 2.05) is 17.7 Å². The van der Waals surface area contributed by atoms with E-state index in [-0.39, 0.29) is 17.1 Å². The zero-order valence-corrected chi connectivity index (χ0v) is 19.9. The fourth-order valence-electron chi connectivity index (χ4n) is 4.99. The highest BCUT2D eigenvalue weighted by molar-refractivity contribution is 5.83. The molecule has 0 fully saturated rings. The lowest BCUT2D eigenvalue weighted by molar-refractivity contribution is 0.185. The lowest BCUT2D eigenvalue weighted by atomic mass is 9.95. The summed E-state index contributed by atoms with van der Waals surface area (Å²) in [5, 5.41) is 13.8. The van der Waals surface area contributed by atoms with E-state index in [2.05, 4.69) is 89.5 Å². The molecule has 5 rings (SSSR count). The van der Waals surface area contributed by atoms with Crippen molar-refractivity contribution in [2.75, 3.05) is 6.54 Å². The molecule has 1 aliphatic rings. The summed E-state index contributed by atoms with van der Waals surface area (Å²) in [4.78, 5) is 19.0. The number of nitrogens with one attached hydrogen (secondary N) is 1. The molecule has 0 amide bonds. The van der Waals surface area contributed by atoms with Crippen molar-refractivity contribution in [3.05, 3.63) is 86.5 Å². The summed E-state index contributed by atoms with van der Waals surface area (Å²) < 4.78 is 1.85. The number of aromatic amines is 1. The highest BCUT2D eigenvalue weighted by Crippen LogP contribution is 2.33. The predicted molar refractivity (Wildman–Crippen MR) is 129 cm³/mol. The van der Waals surface area contributed by atoms with Crippen molar-refractivity contribution in [3.63, 3.8) is 0 Å². The van der Waals surface area contributed by atoms with Crippen molar-refractivity contribution < 1.29 is 0 Å². The van der Waals surface area contributed by atoms with Gasteiger partial charge in [-0.25, -0.2) is 4.68 Å². The van der Waals surface area contributed by atoms with Crippen LogP contribution >= 0.6 is 0 Å². The van der Waals surface area contributed by atoms with Gasteiger partial charge < -0.3 is 4.98 Å². The van der Waals surface area contributed by atoms with Crippen LogP contribution in [0.3, 0.4) is 0 Å². The minimum Gasteiger partial charge on any atom is -0.321 e. The van der Waals surface area contributed by atoms with Crippen LogP contribution in [0.5, 0.6) is 0 Å². The number of rotatable bonds is 3. The van der Waals surface area contributed by atoms with Crippen LogP contribution in [0.4, 0.5) is 0 Å². The number of pyridine rings is 1. The summed E-state index contributed by atoms with van der Waals surface area (Å²) in [5.41, 5.74) is 6.02. The minimum atomic E-state index is -0.360. The Bertz CT molecular complexity index is 1390. The largest absolute Gasteiger partial charge is 0.321 e. The fourth-order valence-corrected chi connectivity index (χ4v) is 4.99. The number of tetrazole rings is 1. The molecular weight excluding hydrogens is 412 g/mol. The molecule has 0 spiro atoms. The van der Waals surface area contributed by atoms with Crippen LogP contribution in [0.1, 0.15) is 60.5 Å². The third kappa shape index (κ3) is 3.86. The van der Waals surface area contributed by atoms with Crippen molar-refractivity contribution in [2.45, 2.75) is 59.2 Å². The quantitative estimate of drug-likeness (QED) is 0.518. The SMILES string of the molecule is Cc1cc(C)c2[nH]c(=O)c([C@H](c3nnnn3C(C)(C)C)N3CCc4ccccc4C3)cc2c1. The molecule has 0 unspecified atom stereocenters. The minimum absolute atomic E-state index is 0.0956. The van der Waals surface area contributed by atoms with Gasteiger partial charge in [-0.15, -0.1) is 5.10 Å². The Morgan fingerprint density at radius 1 is 1.06 bits per heavy atom. The summed E-state index contributed by atoms with van der Waals surface area (Å²) in [6.07, 6.45) is 0.924. The fraction of sp³-hybridized carbons (Fsp3) is 0.385. The Labute approximate surface area is 193 Å². The van der Waals surface area contributed by atoms with Gasteiger partial charge in [-0.2, -0.15) is 0 Å². The smallest absolute Gasteiger partial charge is 0.253 e. The topological polar surface area (TPSA) is 79.7 Å². The molecule has 0 saturated carbocycles. The Morgan fingerprint density at radius 3 is 2.58 bits per heavy atom. The lowest BCUT2D eigenvalue weighted by Gasteiger charge is -2.36. The highest BCUT2D eigenvalue weighted by atomic mass is 16.1. The Kier molecular flexibility index (Phi) is 5.16. The summed E-state index contributed by atoms with van der Waals surface area (Å²) in [6.45, 7) is 11.9. The van der Waals surface area contributed by atoms with Crippen LogP contribution < -0.4 is 5.56 Å². The van der Waals surface area contributed by atoms with Gasteiger partial charge in [0.25, 0.3) is 5.56 Å². The number of nitrogens with zero attached hydrogens (tertiary/aromatic N) is 5. The molecule has 170 valence electrons. The van der Waals surface area contributed by atoms with Crippen LogP contribution in [0, 0.1) is 13.8 Å². The normalized spacial score (nSPS) is 15.5. The standard InChI is InChI=1S/C26H30N6O/c1-16-12-17(2)22-20(13-16)14-21(25(33)27-22)23(24-28-29-30-32(24)26(3,4)5)31-11-10-18-8-6-7-9-19(18)15-31/h6-9,12-14,23H,10-11,15H2,1-5H3,(H,27,33)/t23-/m1/s1. The van der Waals surface area contributed by atoms with E-state index in [4.69, 9.17) is 0 Å². The zero-order chi connectivity index (χ0) is 23.3. The maximum absolute atomic E-state index is 13.5. The van der Waals surface area contributed by atoms with Crippen LogP contribution in [0.15, 0.2) is 47.3 Å². The molecule has 1 aliphatic heterocycles. The second-order valence-corrected chi connectivity index (χ2v) is 10.1. The molecule has 1 N–H and O–H groups in total. The molecule has 3 heterocycles. The predicted octanol–water partition coefficient (Wildman–Crippen LogP) is 4.03. The van der Waals surface area contributed by atoms with Crippen molar-refractivity contribution in [2.24, 2.45) is 0 Å². The third-order valence-electron chi connectivity index (χ3n) is 6.52. The van der Waals surface area contributed by atoms with Gasteiger partial charge in [0.1, 0.15) is 6.04 Å². The maximum atomic E-state index is 13.5. The summed E-state index contributed by atoms with van der Waals surface area (Å²) >= 11 is 0. The monoisotopic (exact) mass is 442 g/mol. The van der Waals surface area contributed by atoms with Gasteiger partial charge in [-0.3, -0.25) is 9.69 Å². The number of hydrogen-bond acceptors (Lipinski definition) is 5. The van der Waals surface area contributed by atoms with E-state index < -0.39 is 0 Å². The lowest BCUT2D eigenvalue weighted by Crippen LogP contribution is -2.40. The second kappa shape index (κ2) is 7.92. The highest BCUT2D eigenvalue weighted by Gasteiger charge is 2.34. The third-order valence-corrected chi connectivity index (χ3v) is 6.52. The Morgan fingerprint density at radius 2 is 1.82 bits per heavy atom. The molecule has 2 aromatic heterocycles. The number of benzene rings is 2. The number of fused-ring (bicyclic) bond motifs is 2. The first-order valence-corrected chi connectivity index (χ1v) is 11.5. The Balaban J connectivity index is 1.71. The van der Waals surface area contributed by atoms with E-state index >= 15 is 0 Å².